The first kappa shape index (κ1) is 13.7. The zero-order valence-electron chi connectivity index (χ0n) is 9.92. The van der Waals surface area contributed by atoms with Gasteiger partial charge in [0, 0.05) is 18.0 Å². The molecule has 1 amide bonds. The van der Waals surface area contributed by atoms with Gasteiger partial charge in [-0.3, -0.25) is 9.69 Å². The Balaban J connectivity index is 1.97. The summed E-state index contributed by atoms with van der Waals surface area (Å²) in [6.45, 7) is -0.203. The van der Waals surface area contributed by atoms with E-state index in [4.69, 9.17) is 11.6 Å². The minimum absolute atomic E-state index is 0.203. The van der Waals surface area contributed by atoms with Gasteiger partial charge < -0.3 is 0 Å². The molecule has 1 aliphatic heterocycles. The highest BCUT2D eigenvalue weighted by Crippen LogP contribution is 2.33. The molecule has 2 aromatic rings. The van der Waals surface area contributed by atoms with Crippen molar-refractivity contribution in [1.82, 2.24) is 4.98 Å². The van der Waals surface area contributed by atoms with Gasteiger partial charge in [-0.05, 0) is 18.2 Å². The molecule has 1 unspecified atom stereocenters. The second-order valence-electron chi connectivity index (χ2n) is 4.41. The van der Waals surface area contributed by atoms with E-state index in [0.29, 0.717) is 15.7 Å². The molecule has 106 valence electrons. The summed E-state index contributed by atoms with van der Waals surface area (Å²) >= 11 is 7.09. The summed E-state index contributed by atoms with van der Waals surface area (Å²) in [4.78, 5) is 17.3. The lowest BCUT2D eigenvalue weighted by Crippen LogP contribution is -2.26. The van der Waals surface area contributed by atoms with Crippen molar-refractivity contribution in [1.29, 1.82) is 0 Å². The van der Waals surface area contributed by atoms with Crippen molar-refractivity contribution in [3.63, 3.8) is 0 Å². The van der Waals surface area contributed by atoms with Crippen LogP contribution in [0.15, 0.2) is 18.2 Å². The summed E-state index contributed by atoms with van der Waals surface area (Å²) in [5, 5.41) is -0.435. The van der Waals surface area contributed by atoms with E-state index in [-0.39, 0.29) is 13.0 Å². The van der Waals surface area contributed by atoms with Gasteiger partial charge in [0.05, 0.1) is 10.2 Å². The maximum absolute atomic E-state index is 13.0. The number of carbonyl (C=O) groups excluding carboxylic acids is 1. The predicted octanol–water partition coefficient (Wildman–Crippen LogP) is 2.35. The summed E-state index contributed by atoms with van der Waals surface area (Å²) in [6.07, 6.45) is -0.352. The van der Waals surface area contributed by atoms with Crippen molar-refractivity contribution in [3.8, 4) is 0 Å². The largest absolute Gasteiger partial charge is 0.307 e. The van der Waals surface area contributed by atoms with E-state index in [0.717, 1.165) is 4.70 Å². The summed E-state index contributed by atoms with van der Waals surface area (Å²) < 4.78 is 35.6. The maximum atomic E-state index is 13.0. The lowest BCUT2D eigenvalue weighted by Gasteiger charge is -2.11. The molecule has 1 aromatic heterocycles. The van der Waals surface area contributed by atoms with Crippen LogP contribution in [0.1, 0.15) is 6.42 Å². The van der Waals surface area contributed by atoms with Crippen LogP contribution >= 0.6 is 22.9 Å². The average molecular weight is 335 g/mol. The van der Waals surface area contributed by atoms with Crippen LogP contribution < -0.4 is 4.90 Å². The van der Waals surface area contributed by atoms with Crippen LogP contribution in [0, 0.1) is 0 Å². The number of halogens is 2. The Bertz CT molecular complexity index is 805. The lowest BCUT2D eigenvalue weighted by molar-refractivity contribution is -0.117. The maximum Gasteiger partial charge on any atom is 0.307 e. The fourth-order valence-electron chi connectivity index (χ4n) is 2.05. The molecule has 0 bridgehead atoms. The van der Waals surface area contributed by atoms with Gasteiger partial charge in [-0.2, -0.15) is 8.42 Å². The van der Waals surface area contributed by atoms with Crippen LogP contribution in [0.2, 0.25) is 5.02 Å². The van der Waals surface area contributed by atoms with Crippen molar-refractivity contribution < 1.29 is 17.1 Å². The van der Waals surface area contributed by atoms with E-state index in [1.807, 2.05) is 0 Å². The predicted molar refractivity (Wildman–Crippen MR) is 75.4 cm³/mol. The van der Waals surface area contributed by atoms with Gasteiger partial charge in [0.15, 0.2) is 5.13 Å². The van der Waals surface area contributed by atoms with Crippen molar-refractivity contribution in [2.75, 3.05) is 11.4 Å². The minimum atomic E-state index is -4.72. The number of benzene rings is 1. The number of thiazole rings is 1. The van der Waals surface area contributed by atoms with Gasteiger partial charge in [-0.15, -0.1) is 3.89 Å². The zero-order chi connectivity index (χ0) is 14.5. The van der Waals surface area contributed by atoms with Crippen LogP contribution in [-0.2, 0) is 15.0 Å². The third kappa shape index (κ3) is 2.38. The molecule has 9 heteroatoms. The standard InChI is InChI=1S/C11H8ClFN2O3S2/c12-6-1-2-9-8(3-6)14-11(19-9)15-5-7(4-10(15)16)20(13,17)18/h1-3,7H,4-5H2. The molecule has 0 saturated carbocycles. The topological polar surface area (TPSA) is 67.3 Å². The number of fused-ring (bicyclic) bond motifs is 1. The second-order valence-corrected chi connectivity index (χ2v) is 7.48. The van der Waals surface area contributed by atoms with E-state index < -0.39 is 21.4 Å². The van der Waals surface area contributed by atoms with E-state index >= 15 is 0 Å². The lowest BCUT2D eigenvalue weighted by atomic mass is 10.3. The molecule has 1 saturated heterocycles. The minimum Gasteiger partial charge on any atom is -0.287 e. The fraction of sp³-hybridized carbons (Fsp3) is 0.273. The summed E-state index contributed by atoms with van der Waals surface area (Å²) in [5.41, 5.74) is 0.622. The molecule has 0 aliphatic carbocycles. The first-order valence-corrected chi connectivity index (χ1v) is 8.28. The molecule has 1 fully saturated rings. The van der Waals surface area contributed by atoms with E-state index in [1.165, 1.54) is 16.2 Å². The van der Waals surface area contributed by atoms with Crippen molar-refractivity contribution >= 4 is 54.4 Å². The van der Waals surface area contributed by atoms with Crippen LogP contribution in [0.3, 0.4) is 0 Å². The zero-order valence-corrected chi connectivity index (χ0v) is 12.3. The number of hydrogen-bond donors (Lipinski definition) is 0. The van der Waals surface area contributed by atoms with Crippen LogP contribution in [-0.4, -0.2) is 31.1 Å². The molecular formula is C11H8ClFN2O3S2. The van der Waals surface area contributed by atoms with Crippen molar-refractivity contribution in [2.45, 2.75) is 11.7 Å². The van der Waals surface area contributed by atoms with E-state index in [1.54, 1.807) is 18.2 Å². The van der Waals surface area contributed by atoms with Crippen LogP contribution in [0.5, 0.6) is 0 Å². The Hall–Kier alpha value is -1.25. The first-order valence-electron chi connectivity index (χ1n) is 5.64. The molecule has 0 N–H and O–H groups in total. The van der Waals surface area contributed by atoms with Gasteiger partial charge in [0.25, 0.3) is 0 Å². The molecule has 0 radical (unpaired) electrons. The third-order valence-corrected chi connectivity index (χ3v) is 5.46. The summed E-state index contributed by atoms with van der Waals surface area (Å²) in [5.74, 6) is -0.443. The fourth-order valence-corrected chi connectivity index (χ4v) is 3.86. The molecule has 1 aromatic carbocycles. The number of amides is 1. The van der Waals surface area contributed by atoms with Gasteiger partial charge in [-0.25, -0.2) is 4.98 Å². The molecular weight excluding hydrogens is 327 g/mol. The van der Waals surface area contributed by atoms with Gasteiger partial charge in [-0.1, -0.05) is 22.9 Å². The van der Waals surface area contributed by atoms with Crippen LogP contribution in [0.4, 0.5) is 9.02 Å². The number of carbonyl (C=O) groups is 1. The monoisotopic (exact) mass is 334 g/mol. The number of aromatic nitrogens is 1. The Morgan fingerprint density at radius 3 is 2.85 bits per heavy atom. The van der Waals surface area contributed by atoms with Crippen molar-refractivity contribution in [2.24, 2.45) is 0 Å². The molecule has 20 heavy (non-hydrogen) atoms. The Morgan fingerprint density at radius 1 is 1.45 bits per heavy atom. The van der Waals surface area contributed by atoms with Crippen LogP contribution in [0.25, 0.3) is 10.2 Å². The quantitative estimate of drug-likeness (QED) is 0.791. The molecule has 1 aliphatic rings. The highest BCUT2D eigenvalue weighted by molar-refractivity contribution is 7.87. The van der Waals surface area contributed by atoms with Gasteiger partial charge in [0.2, 0.25) is 5.91 Å². The Kier molecular flexibility index (Phi) is 3.19. The third-order valence-electron chi connectivity index (χ3n) is 3.06. The molecule has 3 rings (SSSR count). The Morgan fingerprint density at radius 2 is 2.20 bits per heavy atom. The molecule has 2 heterocycles. The smallest absolute Gasteiger partial charge is 0.287 e. The number of rotatable bonds is 2. The number of hydrogen-bond acceptors (Lipinski definition) is 5. The van der Waals surface area contributed by atoms with Crippen molar-refractivity contribution in [3.05, 3.63) is 23.2 Å². The molecule has 5 nitrogen and oxygen atoms in total. The van der Waals surface area contributed by atoms with Gasteiger partial charge >= 0.3 is 10.2 Å². The van der Waals surface area contributed by atoms with E-state index in [2.05, 4.69) is 4.98 Å². The molecule has 1 atom stereocenters. The Labute approximate surface area is 123 Å². The highest BCUT2D eigenvalue weighted by atomic mass is 35.5. The summed E-state index contributed by atoms with van der Waals surface area (Å²) in [6, 6.07) is 5.12. The summed E-state index contributed by atoms with van der Waals surface area (Å²) in [7, 11) is -4.72. The molecule has 0 spiro atoms. The SMILES string of the molecule is O=C1CC(S(=O)(=O)F)CN1c1nc2cc(Cl)ccc2s1. The average Bonchev–Trinajstić information content (AvgIpc) is 2.90. The van der Waals surface area contributed by atoms with E-state index in [9.17, 15) is 17.1 Å². The number of nitrogens with zero attached hydrogens (tertiary/aromatic N) is 2. The highest BCUT2D eigenvalue weighted by Gasteiger charge is 2.40. The van der Waals surface area contributed by atoms with Gasteiger partial charge in [0.1, 0.15) is 5.25 Å². The number of anilines is 1. The normalized spacial score (nSPS) is 20.0. The first-order chi connectivity index (χ1) is 9.34. The second kappa shape index (κ2) is 4.64.